The third kappa shape index (κ3) is 1.60. The second-order valence-electron chi connectivity index (χ2n) is 4.43. The van der Waals surface area contributed by atoms with Crippen molar-refractivity contribution in [3.63, 3.8) is 0 Å². The largest absolute Gasteiger partial charge is 0.327 e. The van der Waals surface area contributed by atoms with Crippen LogP contribution in [0.3, 0.4) is 0 Å². The molecule has 1 aromatic heterocycles. The minimum absolute atomic E-state index is 0.341. The van der Waals surface area contributed by atoms with Gasteiger partial charge in [0.1, 0.15) is 0 Å². The van der Waals surface area contributed by atoms with Crippen LogP contribution in [0.5, 0.6) is 0 Å². The lowest BCUT2D eigenvalue weighted by Gasteiger charge is -2.32. The molecule has 1 heterocycles. The van der Waals surface area contributed by atoms with E-state index in [0.717, 1.165) is 12.8 Å². The molecule has 1 aromatic rings. The average Bonchev–Trinajstić information content (AvgIpc) is 2.46. The molecule has 2 atom stereocenters. The van der Waals surface area contributed by atoms with Crippen molar-refractivity contribution in [2.75, 3.05) is 14.1 Å². The summed E-state index contributed by atoms with van der Waals surface area (Å²) < 4.78 is 0. The van der Waals surface area contributed by atoms with Gasteiger partial charge in [0.2, 0.25) is 0 Å². The lowest BCUT2D eigenvalue weighted by molar-refractivity contribution is 0.256. The van der Waals surface area contributed by atoms with Crippen LogP contribution < -0.4 is 5.73 Å². The third-order valence-electron chi connectivity index (χ3n) is 3.03. The molecule has 0 saturated carbocycles. The molecule has 0 saturated heterocycles. The molecule has 2 nitrogen and oxygen atoms in total. The van der Waals surface area contributed by atoms with Crippen LogP contribution in [0.2, 0.25) is 0 Å². The lowest BCUT2D eigenvalue weighted by Crippen LogP contribution is -2.35. The Labute approximate surface area is 89.7 Å². The molecule has 3 heteroatoms. The zero-order valence-corrected chi connectivity index (χ0v) is 9.90. The quantitative estimate of drug-likeness (QED) is 0.767. The molecule has 0 spiro atoms. The van der Waals surface area contributed by atoms with Crippen molar-refractivity contribution < 1.29 is 0 Å². The van der Waals surface area contributed by atoms with Crippen LogP contribution in [0.15, 0.2) is 5.38 Å². The van der Waals surface area contributed by atoms with Crippen molar-refractivity contribution in [1.82, 2.24) is 4.90 Å². The van der Waals surface area contributed by atoms with Gasteiger partial charge < -0.3 is 10.6 Å². The van der Waals surface area contributed by atoms with Crippen LogP contribution >= 0.6 is 11.3 Å². The van der Waals surface area contributed by atoms with Gasteiger partial charge in [-0.05, 0) is 50.4 Å². The van der Waals surface area contributed by atoms with E-state index < -0.39 is 0 Å². The highest BCUT2D eigenvalue weighted by Crippen LogP contribution is 2.38. The van der Waals surface area contributed by atoms with Gasteiger partial charge >= 0.3 is 0 Å². The van der Waals surface area contributed by atoms with Gasteiger partial charge in [0.05, 0.1) is 0 Å². The van der Waals surface area contributed by atoms with Crippen LogP contribution in [0, 0.1) is 6.92 Å². The van der Waals surface area contributed by atoms with Gasteiger partial charge in [0, 0.05) is 17.0 Å². The van der Waals surface area contributed by atoms with Gasteiger partial charge in [-0.1, -0.05) is 0 Å². The number of hydrogen-bond donors (Lipinski definition) is 1. The Morgan fingerprint density at radius 3 is 2.86 bits per heavy atom. The van der Waals surface area contributed by atoms with Crippen molar-refractivity contribution in [3.8, 4) is 0 Å². The molecule has 2 N–H and O–H groups in total. The predicted octanol–water partition coefficient (Wildman–Crippen LogP) is 1.93. The van der Waals surface area contributed by atoms with Gasteiger partial charge in [-0.3, -0.25) is 0 Å². The van der Waals surface area contributed by atoms with E-state index in [1.165, 1.54) is 10.4 Å². The van der Waals surface area contributed by atoms with Crippen LogP contribution in [-0.4, -0.2) is 25.0 Å². The Bertz CT molecular complexity index is 330. The Balaban J connectivity index is 2.41. The minimum atomic E-state index is 0.341. The van der Waals surface area contributed by atoms with Gasteiger partial charge in [-0.2, -0.15) is 0 Å². The number of rotatable bonds is 1. The Morgan fingerprint density at radius 1 is 1.50 bits per heavy atom. The number of nitrogens with two attached hydrogens (primary N) is 1. The number of hydrogen-bond acceptors (Lipinski definition) is 3. The van der Waals surface area contributed by atoms with E-state index in [1.807, 2.05) is 11.3 Å². The van der Waals surface area contributed by atoms with Crippen LogP contribution in [-0.2, 0) is 6.42 Å². The monoisotopic (exact) mass is 210 g/mol. The summed E-state index contributed by atoms with van der Waals surface area (Å²) in [6.45, 7) is 2.21. The van der Waals surface area contributed by atoms with Crippen molar-refractivity contribution in [2.45, 2.75) is 31.8 Å². The molecule has 0 fully saturated rings. The summed E-state index contributed by atoms with van der Waals surface area (Å²) in [5.41, 5.74) is 9.05. The predicted molar refractivity (Wildman–Crippen MR) is 61.8 cm³/mol. The molecule has 1 aliphatic carbocycles. The van der Waals surface area contributed by atoms with Crippen LogP contribution in [0.25, 0.3) is 0 Å². The Hall–Kier alpha value is -0.380. The van der Waals surface area contributed by atoms with Gasteiger partial charge in [0.25, 0.3) is 0 Å². The zero-order chi connectivity index (χ0) is 10.3. The lowest BCUT2D eigenvalue weighted by atomic mass is 9.88. The molecule has 78 valence electrons. The van der Waals surface area contributed by atoms with E-state index in [0.29, 0.717) is 12.1 Å². The van der Waals surface area contributed by atoms with E-state index >= 15 is 0 Å². The Kier molecular flexibility index (Phi) is 2.64. The first-order chi connectivity index (χ1) is 6.59. The second kappa shape index (κ2) is 3.65. The second-order valence-corrected chi connectivity index (χ2v) is 5.40. The highest BCUT2D eigenvalue weighted by atomic mass is 32.1. The number of fused-ring (bicyclic) bond motifs is 1. The highest BCUT2D eigenvalue weighted by Gasteiger charge is 2.28. The molecular formula is C11H18N2S. The van der Waals surface area contributed by atoms with E-state index in [4.69, 9.17) is 5.73 Å². The summed E-state index contributed by atoms with van der Waals surface area (Å²) in [5, 5.41) is 2.26. The molecule has 2 rings (SSSR count). The molecule has 0 amide bonds. The fourth-order valence-electron chi connectivity index (χ4n) is 2.31. The number of nitrogens with zero attached hydrogens (tertiary/aromatic N) is 1. The molecule has 0 bridgehead atoms. The van der Waals surface area contributed by atoms with Crippen LogP contribution in [0.1, 0.15) is 28.5 Å². The molecule has 14 heavy (non-hydrogen) atoms. The number of thiophene rings is 1. The summed E-state index contributed by atoms with van der Waals surface area (Å²) in [4.78, 5) is 3.79. The first-order valence-electron chi connectivity index (χ1n) is 5.08. The number of aryl methyl sites for hydroxylation is 1. The van der Waals surface area contributed by atoms with E-state index in [9.17, 15) is 0 Å². The normalized spacial score (nSPS) is 26.6. The zero-order valence-electron chi connectivity index (χ0n) is 9.08. The highest BCUT2D eigenvalue weighted by molar-refractivity contribution is 7.10. The maximum absolute atomic E-state index is 6.07. The smallest absolute Gasteiger partial charge is 0.0370 e. The summed E-state index contributed by atoms with van der Waals surface area (Å²) in [5.74, 6) is 0. The third-order valence-corrected chi connectivity index (χ3v) is 4.18. The standard InChI is InChI=1S/C11H18N2S/c1-7-6-14-10-5-8(12)4-9(11(7)10)13(2)3/h6,8-9H,4-5,12H2,1-3H3. The molecule has 2 unspecified atom stereocenters. The molecule has 1 aliphatic rings. The van der Waals surface area contributed by atoms with E-state index in [-0.39, 0.29) is 0 Å². The van der Waals surface area contributed by atoms with Gasteiger partial charge in [0.15, 0.2) is 0 Å². The molecular weight excluding hydrogens is 192 g/mol. The van der Waals surface area contributed by atoms with Crippen molar-refractivity contribution in [1.29, 1.82) is 0 Å². The van der Waals surface area contributed by atoms with Crippen molar-refractivity contribution >= 4 is 11.3 Å². The molecule has 0 aromatic carbocycles. The first-order valence-corrected chi connectivity index (χ1v) is 5.96. The van der Waals surface area contributed by atoms with E-state index in [1.54, 1.807) is 5.56 Å². The topological polar surface area (TPSA) is 29.3 Å². The Morgan fingerprint density at radius 2 is 2.21 bits per heavy atom. The average molecular weight is 210 g/mol. The van der Waals surface area contributed by atoms with Gasteiger partial charge in [-0.25, -0.2) is 0 Å². The van der Waals surface area contributed by atoms with E-state index in [2.05, 4.69) is 31.3 Å². The summed E-state index contributed by atoms with van der Waals surface area (Å²) in [6.07, 6.45) is 2.16. The van der Waals surface area contributed by atoms with Gasteiger partial charge in [-0.15, -0.1) is 11.3 Å². The maximum atomic E-state index is 6.07. The minimum Gasteiger partial charge on any atom is -0.327 e. The summed E-state index contributed by atoms with van der Waals surface area (Å²) in [7, 11) is 4.28. The fraction of sp³-hybridized carbons (Fsp3) is 0.636. The first kappa shape index (κ1) is 10.1. The summed E-state index contributed by atoms with van der Waals surface area (Å²) in [6, 6.07) is 0.868. The SMILES string of the molecule is Cc1csc2c1C(N(C)C)CC(N)C2. The fourth-order valence-corrected chi connectivity index (χ4v) is 3.49. The van der Waals surface area contributed by atoms with Crippen molar-refractivity contribution in [2.24, 2.45) is 5.73 Å². The molecule has 0 radical (unpaired) electrons. The molecule has 0 aliphatic heterocycles. The maximum Gasteiger partial charge on any atom is 0.0370 e. The van der Waals surface area contributed by atoms with Crippen molar-refractivity contribution in [3.05, 3.63) is 21.4 Å². The summed E-state index contributed by atoms with van der Waals surface area (Å²) >= 11 is 1.87. The van der Waals surface area contributed by atoms with Crippen LogP contribution in [0.4, 0.5) is 0 Å².